The van der Waals surface area contributed by atoms with Crippen molar-refractivity contribution in [3.63, 3.8) is 0 Å². The van der Waals surface area contributed by atoms with Crippen molar-refractivity contribution in [3.8, 4) is 11.3 Å². The minimum Gasteiger partial charge on any atom is -0.354 e. The molecule has 0 aliphatic rings. The monoisotopic (exact) mass is 398 g/mol. The molecule has 0 aliphatic carbocycles. The Bertz CT molecular complexity index is 833. The Morgan fingerprint density at radius 3 is 2.52 bits per heavy atom. The van der Waals surface area contributed by atoms with Gasteiger partial charge in [0.1, 0.15) is 0 Å². The van der Waals surface area contributed by atoms with Gasteiger partial charge in [-0.3, -0.25) is 0 Å². The van der Waals surface area contributed by atoms with Gasteiger partial charge >= 0.3 is 0 Å². The van der Waals surface area contributed by atoms with Crippen LogP contribution in [0.2, 0.25) is 0 Å². The van der Waals surface area contributed by atoms with Gasteiger partial charge in [0.15, 0.2) is 0 Å². The molecule has 1 unspecified atom stereocenters. The lowest BCUT2D eigenvalue weighted by atomic mass is 9.94. The Labute approximate surface area is 159 Å². The first kappa shape index (κ1) is 18.2. The van der Waals surface area contributed by atoms with Crippen molar-refractivity contribution in [2.75, 3.05) is 6.54 Å². The molecule has 1 atom stereocenters. The molecule has 3 heteroatoms. The van der Waals surface area contributed by atoms with Crippen LogP contribution in [0.1, 0.15) is 50.2 Å². The van der Waals surface area contributed by atoms with Gasteiger partial charge in [0.25, 0.3) is 0 Å². The molecule has 0 spiro atoms. The molecule has 132 valence electrons. The summed E-state index contributed by atoms with van der Waals surface area (Å²) in [6.45, 7) is 5.32. The van der Waals surface area contributed by atoms with Crippen molar-refractivity contribution >= 4 is 26.8 Å². The normalized spacial score (nSPS) is 12.6. The van der Waals surface area contributed by atoms with E-state index in [0.717, 1.165) is 36.7 Å². The number of nitrogens with one attached hydrogen (secondary N) is 1. The molecule has 3 rings (SSSR count). The van der Waals surface area contributed by atoms with Crippen LogP contribution in [0.3, 0.4) is 0 Å². The van der Waals surface area contributed by atoms with Gasteiger partial charge in [0.05, 0.1) is 0 Å². The van der Waals surface area contributed by atoms with Gasteiger partial charge in [-0.25, -0.2) is 0 Å². The molecule has 2 nitrogen and oxygen atoms in total. The fraction of sp³-hybridized carbons (Fsp3) is 0.364. The van der Waals surface area contributed by atoms with Crippen LogP contribution in [0, 0.1) is 0 Å². The topological polar surface area (TPSA) is 41.8 Å². The zero-order valence-corrected chi connectivity index (χ0v) is 16.7. The van der Waals surface area contributed by atoms with Crippen LogP contribution < -0.4 is 5.73 Å². The van der Waals surface area contributed by atoms with Crippen LogP contribution >= 0.6 is 15.9 Å². The number of hydrogen-bond acceptors (Lipinski definition) is 1. The lowest BCUT2D eigenvalue weighted by Crippen LogP contribution is -1.99. The van der Waals surface area contributed by atoms with Gasteiger partial charge in [-0.2, -0.15) is 0 Å². The molecule has 1 aromatic heterocycles. The predicted octanol–water partition coefficient (Wildman–Crippen LogP) is 6.39. The van der Waals surface area contributed by atoms with Gasteiger partial charge in [-0.05, 0) is 67.0 Å². The van der Waals surface area contributed by atoms with Crippen molar-refractivity contribution < 1.29 is 0 Å². The number of unbranched alkanes of at least 4 members (excludes halogenated alkanes) is 1. The molecule has 0 amide bonds. The maximum absolute atomic E-state index is 5.72. The van der Waals surface area contributed by atoms with E-state index in [1.165, 1.54) is 33.3 Å². The van der Waals surface area contributed by atoms with Crippen molar-refractivity contribution in [3.05, 3.63) is 58.1 Å². The number of aromatic amines is 1. The second kappa shape index (κ2) is 8.20. The third-order valence-electron chi connectivity index (χ3n) is 5.13. The Morgan fingerprint density at radius 1 is 1.08 bits per heavy atom. The summed E-state index contributed by atoms with van der Waals surface area (Å²) in [5.74, 6) is 0.553. The number of para-hydroxylation sites is 1. The Morgan fingerprint density at radius 2 is 1.84 bits per heavy atom. The molecule has 25 heavy (non-hydrogen) atoms. The van der Waals surface area contributed by atoms with Gasteiger partial charge in [-0.1, -0.05) is 60.1 Å². The molecule has 2 aromatic carbocycles. The molecule has 1 heterocycles. The molecule has 3 N–H and O–H groups in total. The third kappa shape index (κ3) is 3.83. The molecule has 3 aromatic rings. The highest BCUT2D eigenvalue weighted by Gasteiger charge is 2.17. The van der Waals surface area contributed by atoms with Crippen LogP contribution in [0.4, 0.5) is 0 Å². The summed E-state index contributed by atoms with van der Waals surface area (Å²) in [6.07, 6.45) is 4.40. The molecular formula is C22H27BrN2. The molecule has 0 radical (unpaired) electrons. The average Bonchev–Trinajstić information content (AvgIpc) is 3.00. The van der Waals surface area contributed by atoms with Gasteiger partial charge in [0, 0.05) is 21.1 Å². The van der Waals surface area contributed by atoms with E-state index in [2.05, 4.69) is 77.2 Å². The largest absolute Gasteiger partial charge is 0.354 e. The van der Waals surface area contributed by atoms with E-state index in [1.807, 2.05) is 0 Å². The highest BCUT2D eigenvalue weighted by atomic mass is 79.9. The third-order valence-corrected chi connectivity index (χ3v) is 5.66. The van der Waals surface area contributed by atoms with E-state index in [0.29, 0.717) is 5.92 Å². The minimum absolute atomic E-state index is 0.553. The van der Waals surface area contributed by atoms with E-state index in [1.54, 1.807) is 0 Å². The molecule has 0 bridgehead atoms. The first-order valence-electron chi connectivity index (χ1n) is 9.25. The zero-order chi connectivity index (χ0) is 17.8. The summed E-state index contributed by atoms with van der Waals surface area (Å²) < 4.78 is 1.11. The van der Waals surface area contributed by atoms with Crippen LogP contribution in [0.5, 0.6) is 0 Å². The highest BCUT2D eigenvalue weighted by molar-refractivity contribution is 9.10. The molecular weight excluding hydrogens is 372 g/mol. The second-order valence-corrected chi connectivity index (χ2v) is 7.73. The molecule has 0 saturated carbocycles. The van der Waals surface area contributed by atoms with Gasteiger partial charge in [-0.15, -0.1) is 0 Å². The SMILES string of the molecule is CCC(C)c1cccc2c(CCCCN)c(-c3ccc(Br)cc3)[nH]c12. The highest BCUT2D eigenvalue weighted by Crippen LogP contribution is 2.36. The van der Waals surface area contributed by atoms with E-state index >= 15 is 0 Å². The van der Waals surface area contributed by atoms with E-state index in [9.17, 15) is 0 Å². The van der Waals surface area contributed by atoms with Crippen LogP contribution in [0.25, 0.3) is 22.2 Å². The first-order valence-corrected chi connectivity index (χ1v) is 10.0. The number of halogens is 1. The number of fused-ring (bicyclic) bond motifs is 1. The van der Waals surface area contributed by atoms with E-state index < -0.39 is 0 Å². The fourth-order valence-electron chi connectivity index (χ4n) is 3.50. The van der Waals surface area contributed by atoms with Crippen molar-refractivity contribution in [2.24, 2.45) is 5.73 Å². The number of benzene rings is 2. The molecule has 0 fully saturated rings. The number of hydrogen-bond donors (Lipinski definition) is 2. The average molecular weight is 399 g/mol. The predicted molar refractivity (Wildman–Crippen MR) is 112 cm³/mol. The van der Waals surface area contributed by atoms with Crippen LogP contribution in [-0.2, 0) is 6.42 Å². The van der Waals surface area contributed by atoms with Crippen molar-refractivity contribution in [1.29, 1.82) is 0 Å². The van der Waals surface area contributed by atoms with Crippen molar-refractivity contribution in [2.45, 2.75) is 45.4 Å². The molecule has 0 saturated heterocycles. The summed E-state index contributed by atoms with van der Waals surface area (Å²) in [6, 6.07) is 15.3. The summed E-state index contributed by atoms with van der Waals surface area (Å²) in [7, 11) is 0. The maximum atomic E-state index is 5.72. The van der Waals surface area contributed by atoms with Crippen LogP contribution in [-0.4, -0.2) is 11.5 Å². The first-order chi connectivity index (χ1) is 12.2. The smallest absolute Gasteiger partial charge is 0.0497 e. The Balaban J connectivity index is 2.16. The number of nitrogens with two attached hydrogens (primary N) is 1. The summed E-state index contributed by atoms with van der Waals surface area (Å²) in [5, 5.41) is 1.37. The summed E-state index contributed by atoms with van der Waals surface area (Å²) in [5.41, 5.74) is 12.4. The number of H-pyrrole nitrogens is 1. The maximum Gasteiger partial charge on any atom is 0.0497 e. The minimum atomic E-state index is 0.553. The Hall–Kier alpha value is -1.58. The number of aryl methyl sites for hydroxylation is 1. The van der Waals surface area contributed by atoms with E-state index in [4.69, 9.17) is 5.73 Å². The Kier molecular flexibility index (Phi) is 5.98. The fourth-order valence-corrected chi connectivity index (χ4v) is 3.76. The van der Waals surface area contributed by atoms with Gasteiger partial charge in [0.2, 0.25) is 0 Å². The summed E-state index contributed by atoms with van der Waals surface area (Å²) >= 11 is 3.54. The second-order valence-electron chi connectivity index (χ2n) is 6.81. The zero-order valence-electron chi connectivity index (χ0n) is 15.1. The lowest BCUT2D eigenvalue weighted by molar-refractivity contribution is 0.738. The molecule has 0 aliphatic heterocycles. The summed E-state index contributed by atoms with van der Waals surface area (Å²) in [4.78, 5) is 3.76. The number of aromatic nitrogens is 1. The standard InChI is InChI=1S/C22H27BrN2/c1-3-15(2)18-8-6-9-20-19(7-4-5-14-24)21(25-22(18)20)16-10-12-17(23)13-11-16/h6,8-13,15,25H,3-5,7,14,24H2,1-2H3. The van der Waals surface area contributed by atoms with E-state index in [-0.39, 0.29) is 0 Å². The van der Waals surface area contributed by atoms with Crippen molar-refractivity contribution in [1.82, 2.24) is 4.98 Å². The van der Waals surface area contributed by atoms with Crippen LogP contribution in [0.15, 0.2) is 46.9 Å². The lowest BCUT2D eigenvalue weighted by Gasteiger charge is -2.10. The quantitative estimate of drug-likeness (QED) is 0.444. The number of rotatable bonds is 7. The van der Waals surface area contributed by atoms with Gasteiger partial charge < -0.3 is 10.7 Å².